The highest BCUT2D eigenvalue weighted by Crippen LogP contribution is 2.36. The van der Waals surface area contributed by atoms with Gasteiger partial charge in [-0.25, -0.2) is 8.42 Å². The first-order valence-electron chi connectivity index (χ1n) is 9.06. The quantitative estimate of drug-likeness (QED) is 0.781. The molecule has 28 heavy (non-hydrogen) atoms. The number of amides is 2. The molecular formula is C20H21N3O4S. The van der Waals surface area contributed by atoms with Crippen LogP contribution >= 0.6 is 0 Å². The zero-order chi connectivity index (χ0) is 20.1. The van der Waals surface area contributed by atoms with Crippen LogP contribution in [0.1, 0.15) is 32.2 Å². The van der Waals surface area contributed by atoms with Crippen molar-refractivity contribution >= 4 is 21.8 Å². The lowest BCUT2D eigenvalue weighted by molar-refractivity contribution is 0.0693. The number of carbonyl (C=O) groups excluding carboxylic acids is 2. The number of hydrogen-bond donors (Lipinski definition) is 1. The molecule has 2 amide bonds. The Labute approximate surface area is 163 Å². The highest BCUT2D eigenvalue weighted by atomic mass is 32.2. The van der Waals surface area contributed by atoms with Crippen LogP contribution in [-0.2, 0) is 10.0 Å². The molecule has 7 nitrogen and oxygen atoms in total. The van der Waals surface area contributed by atoms with Crippen LogP contribution in [0.3, 0.4) is 0 Å². The number of carbonyl (C=O) groups is 2. The van der Waals surface area contributed by atoms with Gasteiger partial charge >= 0.3 is 0 Å². The monoisotopic (exact) mass is 399 g/mol. The minimum atomic E-state index is -3.81. The fourth-order valence-electron chi connectivity index (χ4n) is 3.99. The lowest BCUT2D eigenvalue weighted by Crippen LogP contribution is -2.30. The van der Waals surface area contributed by atoms with Gasteiger partial charge in [0.05, 0.1) is 16.0 Å². The predicted octanol–water partition coefficient (Wildman–Crippen LogP) is 1.28. The lowest BCUT2D eigenvalue weighted by Gasteiger charge is -2.17. The molecule has 2 aliphatic heterocycles. The summed E-state index contributed by atoms with van der Waals surface area (Å²) in [4.78, 5) is 25.3. The summed E-state index contributed by atoms with van der Waals surface area (Å²) >= 11 is 0. The molecule has 2 heterocycles. The van der Waals surface area contributed by atoms with Crippen molar-refractivity contribution in [3.05, 3.63) is 65.2 Å². The Hall–Kier alpha value is -2.55. The van der Waals surface area contributed by atoms with E-state index in [-0.39, 0.29) is 27.9 Å². The SMILES string of the molecule is CN1C(=O)c2ccc(S(=O)(=O)N3C[C@@H](CN)[C@H](c4ccccc4)C3)cc2C1=O. The van der Waals surface area contributed by atoms with E-state index in [0.29, 0.717) is 19.6 Å². The van der Waals surface area contributed by atoms with Crippen LogP contribution in [0.15, 0.2) is 53.4 Å². The largest absolute Gasteiger partial charge is 0.330 e. The number of nitrogens with zero attached hydrogens (tertiary/aromatic N) is 2. The van der Waals surface area contributed by atoms with Crippen molar-refractivity contribution in [1.82, 2.24) is 9.21 Å². The third kappa shape index (κ3) is 2.85. The van der Waals surface area contributed by atoms with Gasteiger partial charge in [0.1, 0.15) is 0 Å². The summed E-state index contributed by atoms with van der Waals surface area (Å²) < 4.78 is 27.9. The molecule has 2 aromatic rings. The van der Waals surface area contributed by atoms with Gasteiger partial charge in [0.15, 0.2) is 0 Å². The van der Waals surface area contributed by atoms with Crippen molar-refractivity contribution in [2.45, 2.75) is 10.8 Å². The van der Waals surface area contributed by atoms with E-state index < -0.39 is 21.8 Å². The molecule has 0 bridgehead atoms. The van der Waals surface area contributed by atoms with Crippen molar-refractivity contribution in [3.63, 3.8) is 0 Å². The number of nitrogens with two attached hydrogens (primary N) is 1. The van der Waals surface area contributed by atoms with E-state index in [1.54, 1.807) is 0 Å². The van der Waals surface area contributed by atoms with Crippen LogP contribution in [0.2, 0.25) is 0 Å². The number of imide groups is 1. The minimum Gasteiger partial charge on any atom is -0.330 e. The van der Waals surface area contributed by atoms with Crippen LogP contribution in [-0.4, -0.2) is 56.1 Å². The van der Waals surface area contributed by atoms with Crippen molar-refractivity contribution in [2.24, 2.45) is 11.7 Å². The Kier molecular flexibility index (Phi) is 4.57. The fourth-order valence-corrected chi connectivity index (χ4v) is 5.54. The van der Waals surface area contributed by atoms with Gasteiger partial charge < -0.3 is 5.73 Å². The van der Waals surface area contributed by atoms with Crippen LogP contribution in [0.5, 0.6) is 0 Å². The van der Waals surface area contributed by atoms with Crippen LogP contribution in [0.4, 0.5) is 0 Å². The van der Waals surface area contributed by atoms with Crippen LogP contribution < -0.4 is 5.73 Å². The molecule has 4 rings (SSSR count). The Morgan fingerprint density at radius 1 is 1.00 bits per heavy atom. The normalized spacial score (nSPS) is 22.7. The number of fused-ring (bicyclic) bond motifs is 1. The average molecular weight is 399 g/mol. The molecule has 0 aliphatic carbocycles. The van der Waals surface area contributed by atoms with E-state index in [4.69, 9.17) is 5.73 Å². The molecule has 2 aromatic carbocycles. The van der Waals surface area contributed by atoms with Gasteiger partial charge in [-0.1, -0.05) is 30.3 Å². The fraction of sp³-hybridized carbons (Fsp3) is 0.300. The first-order chi connectivity index (χ1) is 13.3. The Morgan fingerprint density at radius 3 is 2.36 bits per heavy atom. The average Bonchev–Trinajstić information content (AvgIpc) is 3.25. The third-order valence-electron chi connectivity index (χ3n) is 5.64. The zero-order valence-electron chi connectivity index (χ0n) is 15.4. The molecule has 0 radical (unpaired) electrons. The molecule has 2 aliphatic rings. The predicted molar refractivity (Wildman–Crippen MR) is 103 cm³/mol. The molecular weight excluding hydrogens is 378 g/mol. The summed E-state index contributed by atoms with van der Waals surface area (Å²) in [5.41, 5.74) is 7.34. The van der Waals surface area contributed by atoms with Crippen LogP contribution in [0.25, 0.3) is 0 Å². The van der Waals surface area contributed by atoms with Gasteiger partial charge in [-0.15, -0.1) is 0 Å². The topological polar surface area (TPSA) is 101 Å². The lowest BCUT2D eigenvalue weighted by atomic mass is 9.89. The summed E-state index contributed by atoms with van der Waals surface area (Å²) in [6, 6.07) is 13.9. The van der Waals surface area contributed by atoms with Crippen molar-refractivity contribution < 1.29 is 18.0 Å². The van der Waals surface area contributed by atoms with E-state index in [1.165, 1.54) is 29.6 Å². The Morgan fingerprint density at radius 2 is 1.68 bits per heavy atom. The van der Waals surface area contributed by atoms with E-state index in [9.17, 15) is 18.0 Å². The molecule has 0 spiro atoms. The van der Waals surface area contributed by atoms with Crippen molar-refractivity contribution in [1.29, 1.82) is 0 Å². The zero-order valence-corrected chi connectivity index (χ0v) is 16.2. The summed E-state index contributed by atoms with van der Waals surface area (Å²) in [5, 5.41) is 0. The summed E-state index contributed by atoms with van der Waals surface area (Å²) in [6.07, 6.45) is 0. The molecule has 2 N–H and O–H groups in total. The third-order valence-corrected chi connectivity index (χ3v) is 7.46. The second-order valence-corrected chi connectivity index (χ2v) is 9.15. The molecule has 1 saturated heterocycles. The van der Waals surface area contributed by atoms with Crippen molar-refractivity contribution in [3.8, 4) is 0 Å². The molecule has 146 valence electrons. The van der Waals surface area contributed by atoms with E-state index in [2.05, 4.69) is 0 Å². The summed E-state index contributed by atoms with van der Waals surface area (Å²) in [7, 11) is -2.42. The van der Waals surface area contributed by atoms with Gasteiger partial charge in [0.2, 0.25) is 10.0 Å². The first kappa shape index (κ1) is 18.8. The van der Waals surface area contributed by atoms with Crippen molar-refractivity contribution in [2.75, 3.05) is 26.7 Å². The molecule has 2 atom stereocenters. The van der Waals surface area contributed by atoms with Gasteiger partial charge in [0.25, 0.3) is 11.8 Å². The Balaban J connectivity index is 1.67. The highest BCUT2D eigenvalue weighted by molar-refractivity contribution is 7.89. The van der Waals surface area contributed by atoms with Gasteiger partial charge in [-0.2, -0.15) is 4.31 Å². The molecule has 8 heteroatoms. The summed E-state index contributed by atoms with van der Waals surface area (Å²) in [6.45, 7) is 1.04. The first-order valence-corrected chi connectivity index (χ1v) is 10.5. The van der Waals surface area contributed by atoms with E-state index in [1.807, 2.05) is 30.3 Å². The van der Waals surface area contributed by atoms with E-state index in [0.717, 1.165) is 10.5 Å². The summed E-state index contributed by atoms with van der Waals surface area (Å²) in [5.74, 6) is -0.872. The number of sulfonamides is 1. The highest BCUT2D eigenvalue weighted by Gasteiger charge is 2.40. The standard InChI is InChI=1S/C20H21N3O4S/c1-22-19(24)16-8-7-15(9-17(16)20(22)25)28(26,27)23-11-14(10-21)18(12-23)13-5-3-2-4-6-13/h2-9,14,18H,10-12,21H2,1H3/t14-,18+/m1/s1. The maximum Gasteiger partial charge on any atom is 0.261 e. The molecule has 0 unspecified atom stereocenters. The molecule has 1 fully saturated rings. The number of hydrogen-bond acceptors (Lipinski definition) is 5. The maximum atomic E-state index is 13.2. The number of benzene rings is 2. The molecule has 0 saturated carbocycles. The second-order valence-electron chi connectivity index (χ2n) is 7.21. The van der Waals surface area contributed by atoms with Gasteiger partial charge in [-0.05, 0) is 36.2 Å². The minimum absolute atomic E-state index is 0.0148. The second kappa shape index (κ2) is 6.80. The Bertz CT molecular complexity index is 1050. The van der Waals surface area contributed by atoms with Gasteiger partial charge in [0, 0.05) is 26.1 Å². The number of rotatable bonds is 4. The maximum absolute atomic E-state index is 13.2. The van der Waals surface area contributed by atoms with Crippen LogP contribution in [0, 0.1) is 5.92 Å². The van der Waals surface area contributed by atoms with Gasteiger partial charge in [-0.3, -0.25) is 14.5 Å². The smallest absolute Gasteiger partial charge is 0.261 e. The van der Waals surface area contributed by atoms with E-state index >= 15 is 0 Å². The molecule has 0 aromatic heterocycles.